The number of Topliss-reactive ketones (excluding diaryl/α,β-unsaturated/α-hetero) is 1. The molecule has 7 nitrogen and oxygen atoms in total. The maximum Gasteiger partial charge on any atom is 0.316 e. The second kappa shape index (κ2) is 8.84. The highest BCUT2D eigenvalue weighted by Gasteiger charge is 2.47. The first-order valence-electron chi connectivity index (χ1n) is 9.83. The smallest absolute Gasteiger partial charge is 0.316 e. The first kappa shape index (κ1) is 21.6. The third-order valence-electron chi connectivity index (χ3n) is 5.20. The Morgan fingerprint density at radius 1 is 1.13 bits per heavy atom. The molecule has 4 rings (SSSR count). The molecule has 31 heavy (non-hydrogen) atoms. The number of sulfone groups is 1. The van der Waals surface area contributed by atoms with Crippen LogP contribution in [-0.4, -0.2) is 54.7 Å². The van der Waals surface area contributed by atoms with Crippen molar-refractivity contribution in [3.05, 3.63) is 65.7 Å². The Morgan fingerprint density at radius 3 is 2.65 bits per heavy atom. The molecule has 2 heterocycles. The molecule has 0 radical (unpaired) electrons. The normalized spacial score (nSPS) is 21.5. The lowest BCUT2D eigenvalue weighted by molar-refractivity contribution is -0.141. The summed E-state index contributed by atoms with van der Waals surface area (Å²) in [5.74, 6) is -0.413. The number of ether oxygens (including phenoxy) is 1. The molecule has 2 aliphatic rings. The summed E-state index contributed by atoms with van der Waals surface area (Å²) in [5, 5.41) is 0.572. The van der Waals surface area contributed by atoms with E-state index >= 15 is 0 Å². The van der Waals surface area contributed by atoms with Gasteiger partial charge in [-0.15, -0.1) is 0 Å². The second-order valence-electron chi connectivity index (χ2n) is 7.53. The van der Waals surface area contributed by atoms with Gasteiger partial charge in [0.15, 0.2) is 20.8 Å². The summed E-state index contributed by atoms with van der Waals surface area (Å²) >= 11 is 1.22. The van der Waals surface area contributed by atoms with Gasteiger partial charge in [-0.3, -0.25) is 14.6 Å². The van der Waals surface area contributed by atoms with E-state index in [-0.39, 0.29) is 47.7 Å². The van der Waals surface area contributed by atoms with Crippen LogP contribution in [0.3, 0.4) is 0 Å². The lowest BCUT2D eigenvalue weighted by atomic mass is 10.1. The standard InChI is InChI=1S/C22H22N2O5S2/c1-15(25)17-8-5-9-18(10-17)24-20-14-31(27,28)13-19(20)23-22(24)30-12-21(26)29-11-16-6-3-2-4-7-16/h2-10,19-20H,11-14H2,1H3. The molecule has 2 aromatic rings. The van der Waals surface area contributed by atoms with Crippen molar-refractivity contribution < 1.29 is 22.7 Å². The van der Waals surface area contributed by atoms with Crippen LogP contribution in [0.15, 0.2) is 59.6 Å². The number of thioether (sulfide) groups is 1. The Labute approximate surface area is 185 Å². The van der Waals surface area contributed by atoms with Crippen LogP contribution in [0.1, 0.15) is 22.8 Å². The molecule has 1 saturated heterocycles. The van der Waals surface area contributed by atoms with E-state index in [1.54, 1.807) is 18.2 Å². The zero-order valence-electron chi connectivity index (χ0n) is 16.9. The van der Waals surface area contributed by atoms with Crippen molar-refractivity contribution in [3.63, 3.8) is 0 Å². The molecular weight excluding hydrogens is 436 g/mol. The topological polar surface area (TPSA) is 93.1 Å². The van der Waals surface area contributed by atoms with Gasteiger partial charge in [0.05, 0.1) is 29.3 Å². The van der Waals surface area contributed by atoms with Gasteiger partial charge in [-0.05, 0) is 24.6 Å². The molecule has 0 amide bonds. The third kappa shape index (κ3) is 4.99. The summed E-state index contributed by atoms with van der Waals surface area (Å²) in [4.78, 5) is 30.5. The van der Waals surface area contributed by atoms with Crippen LogP contribution in [-0.2, 0) is 26.0 Å². The van der Waals surface area contributed by atoms with Gasteiger partial charge in [-0.25, -0.2) is 8.42 Å². The number of aliphatic imine (C=N–C) groups is 1. The van der Waals surface area contributed by atoms with Crippen LogP contribution in [0.4, 0.5) is 5.69 Å². The molecule has 0 N–H and O–H groups in total. The average Bonchev–Trinajstić information content (AvgIpc) is 3.22. The molecule has 1 fully saturated rings. The predicted molar refractivity (Wildman–Crippen MR) is 121 cm³/mol. The minimum absolute atomic E-state index is 0.00597. The van der Waals surface area contributed by atoms with Crippen molar-refractivity contribution in [2.24, 2.45) is 4.99 Å². The number of amidine groups is 1. The lowest BCUT2D eigenvalue weighted by Crippen LogP contribution is -2.39. The first-order valence-corrected chi connectivity index (χ1v) is 12.6. The van der Waals surface area contributed by atoms with Gasteiger partial charge in [0.1, 0.15) is 6.61 Å². The number of hydrogen-bond donors (Lipinski definition) is 0. The molecule has 2 aliphatic heterocycles. The van der Waals surface area contributed by atoms with Crippen molar-refractivity contribution in [2.45, 2.75) is 25.6 Å². The van der Waals surface area contributed by atoms with Crippen LogP contribution < -0.4 is 4.90 Å². The van der Waals surface area contributed by atoms with Gasteiger partial charge >= 0.3 is 5.97 Å². The summed E-state index contributed by atoms with van der Waals surface area (Å²) in [7, 11) is -3.18. The van der Waals surface area contributed by atoms with Gasteiger partial charge in [0, 0.05) is 11.3 Å². The van der Waals surface area contributed by atoms with E-state index < -0.39 is 9.84 Å². The van der Waals surface area contributed by atoms with Crippen molar-refractivity contribution in [2.75, 3.05) is 22.2 Å². The number of esters is 1. The Morgan fingerprint density at radius 2 is 1.90 bits per heavy atom. The van der Waals surface area contributed by atoms with Crippen LogP contribution >= 0.6 is 11.8 Å². The predicted octanol–water partition coefficient (Wildman–Crippen LogP) is 2.71. The van der Waals surface area contributed by atoms with Crippen molar-refractivity contribution >= 4 is 44.2 Å². The van der Waals surface area contributed by atoms with E-state index in [9.17, 15) is 18.0 Å². The van der Waals surface area contributed by atoms with Gasteiger partial charge < -0.3 is 9.64 Å². The molecule has 9 heteroatoms. The van der Waals surface area contributed by atoms with Crippen molar-refractivity contribution in [3.8, 4) is 0 Å². The Kier molecular flexibility index (Phi) is 6.15. The van der Waals surface area contributed by atoms with E-state index in [1.165, 1.54) is 18.7 Å². The average molecular weight is 459 g/mol. The quantitative estimate of drug-likeness (QED) is 0.485. The molecule has 0 spiro atoms. The zero-order chi connectivity index (χ0) is 22.0. The number of hydrogen-bond acceptors (Lipinski definition) is 8. The van der Waals surface area contributed by atoms with Crippen molar-refractivity contribution in [1.29, 1.82) is 0 Å². The summed E-state index contributed by atoms with van der Waals surface area (Å²) < 4.78 is 29.6. The monoisotopic (exact) mass is 458 g/mol. The van der Waals surface area contributed by atoms with Gasteiger partial charge in [-0.2, -0.15) is 0 Å². The van der Waals surface area contributed by atoms with Gasteiger partial charge in [-0.1, -0.05) is 54.2 Å². The second-order valence-corrected chi connectivity index (χ2v) is 10.6. The van der Waals surface area contributed by atoms with E-state index in [1.807, 2.05) is 41.3 Å². The fourth-order valence-electron chi connectivity index (χ4n) is 3.71. The number of benzene rings is 2. The number of rotatable bonds is 6. The zero-order valence-corrected chi connectivity index (χ0v) is 18.6. The molecular formula is C22H22N2O5S2. The number of ketones is 1. The number of anilines is 1. The van der Waals surface area contributed by atoms with Crippen LogP contribution in [0.25, 0.3) is 0 Å². The summed E-state index contributed by atoms with van der Waals surface area (Å²) in [6.07, 6.45) is 0. The maximum atomic E-state index is 12.3. The first-order chi connectivity index (χ1) is 14.8. The Bertz CT molecular complexity index is 1130. The third-order valence-corrected chi connectivity index (χ3v) is 7.84. The Hall–Kier alpha value is -2.65. The summed E-state index contributed by atoms with van der Waals surface area (Å²) in [6, 6.07) is 15.7. The fraction of sp³-hybridized carbons (Fsp3) is 0.318. The number of fused-ring (bicyclic) bond motifs is 1. The summed E-state index contributed by atoms with van der Waals surface area (Å²) in [5.41, 5.74) is 2.14. The van der Waals surface area contributed by atoms with E-state index in [4.69, 9.17) is 4.74 Å². The SMILES string of the molecule is CC(=O)c1cccc(N2C(SCC(=O)OCc3ccccc3)=NC3CS(=O)(=O)CC32)c1. The molecule has 0 aromatic heterocycles. The number of carbonyl (C=O) groups is 2. The molecule has 162 valence electrons. The van der Waals surface area contributed by atoms with E-state index in [0.29, 0.717) is 16.4 Å². The lowest BCUT2D eigenvalue weighted by Gasteiger charge is -2.26. The maximum absolute atomic E-state index is 12.3. The fourth-order valence-corrected chi connectivity index (χ4v) is 6.48. The summed E-state index contributed by atoms with van der Waals surface area (Å²) in [6.45, 7) is 1.68. The van der Waals surface area contributed by atoms with Crippen LogP contribution in [0, 0.1) is 0 Å². The van der Waals surface area contributed by atoms with Crippen LogP contribution in [0.5, 0.6) is 0 Å². The van der Waals surface area contributed by atoms with E-state index in [2.05, 4.69) is 4.99 Å². The van der Waals surface area contributed by atoms with Crippen molar-refractivity contribution in [1.82, 2.24) is 0 Å². The molecule has 2 aromatic carbocycles. The Balaban J connectivity index is 1.49. The highest BCUT2D eigenvalue weighted by molar-refractivity contribution is 8.14. The minimum atomic E-state index is -3.18. The highest BCUT2D eigenvalue weighted by atomic mass is 32.2. The van der Waals surface area contributed by atoms with Crippen LogP contribution in [0.2, 0.25) is 0 Å². The van der Waals surface area contributed by atoms with Gasteiger partial charge in [0.2, 0.25) is 0 Å². The highest BCUT2D eigenvalue weighted by Crippen LogP contribution is 2.35. The molecule has 2 unspecified atom stereocenters. The molecule has 0 aliphatic carbocycles. The number of nitrogens with zero attached hydrogens (tertiary/aromatic N) is 2. The molecule has 0 saturated carbocycles. The number of carbonyl (C=O) groups excluding carboxylic acids is 2. The van der Waals surface area contributed by atoms with E-state index in [0.717, 1.165) is 5.56 Å². The molecule has 0 bridgehead atoms. The minimum Gasteiger partial charge on any atom is -0.460 e. The van der Waals surface area contributed by atoms with Gasteiger partial charge in [0.25, 0.3) is 0 Å². The molecule has 2 atom stereocenters. The largest absolute Gasteiger partial charge is 0.460 e.